The first kappa shape index (κ1) is 25.1. The van der Waals surface area contributed by atoms with E-state index in [0.717, 1.165) is 37.8 Å². The molecule has 4 rings (SSSR count). The molecular formula is C25H29F3N4O3. The summed E-state index contributed by atoms with van der Waals surface area (Å²) in [5.41, 5.74) is -1.33. The summed E-state index contributed by atoms with van der Waals surface area (Å²) in [6, 6.07) is 9.76. The summed E-state index contributed by atoms with van der Waals surface area (Å²) < 4.78 is 38.7. The third kappa shape index (κ3) is 5.99. The Bertz CT molecular complexity index is 1040. The van der Waals surface area contributed by atoms with Gasteiger partial charge in [0.15, 0.2) is 0 Å². The van der Waals surface area contributed by atoms with Crippen molar-refractivity contribution in [3.8, 4) is 0 Å². The predicted molar refractivity (Wildman–Crippen MR) is 122 cm³/mol. The number of alkyl halides is 3. The molecule has 0 bridgehead atoms. The van der Waals surface area contributed by atoms with Gasteiger partial charge in [-0.1, -0.05) is 12.1 Å². The van der Waals surface area contributed by atoms with E-state index < -0.39 is 23.2 Å². The van der Waals surface area contributed by atoms with Crippen LogP contribution >= 0.6 is 0 Å². The molecule has 2 amide bonds. The van der Waals surface area contributed by atoms with Crippen LogP contribution in [-0.2, 0) is 16.6 Å². The molecule has 1 aliphatic heterocycles. The Morgan fingerprint density at radius 2 is 1.89 bits per heavy atom. The second kappa shape index (κ2) is 10.3. The van der Waals surface area contributed by atoms with Gasteiger partial charge in [0.1, 0.15) is 5.60 Å². The van der Waals surface area contributed by atoms with Crippen molar-refractivity contribution in [3.05, 3.63) is 65.5 Å². The van der Waals surface area contributed by atoms with E-state index >= 15 is 0 Å². The van der Waals surface area contributed by atoms with Crippen molar-refractivity contribution in [2.24, 2.45) is 0 Å². The SMILES string of the molecule is O=C(NCC(=O)N1CCC[C@H]1NC1CCC(O)(c2ccccn2)CC1)c1cccc(C(F)(F)F)c1. The first-order chi connectivity index (χ1) is 16.7. The highest BCUT2D eigenvalue weighted by molar-refractivity contribution is 5.96. The fraction of sp³-hybridized carbons (Fsp3) is 0.480. The van der Waals surface area contributed by atoms with Crippen molar-refractivity contribution in [3.63, 3.8) is 0 Å². The highest BCUT2D eigenvalue weighted by Crippen LogP contribution is 2.36. The largest absolute Gasteiger partial charge is 0.416 e. The number of nitrogens with zero attached hydrogens (tertiary/aromatic N) is 2. The minimum atomic E-state index is -4.55. The highest BCUT2D eigenvalue weighted by atomic mass is 19.4. The molecule has 7 nitrogen and oxygen atoms in total. The van der Waals surface area contributed by atoms with Crippen molar-refractivity contribution in [2.45, 2.75) is 62.5 Å². The third-order valence-corrected chi connectivity index (χ3v) is 6.81. The van der Waals surface area contributed by atoms with Crippen molar-refractivity contribution >= 4 is 11.8 Å². The molecule has 1 saturated carbocycles. The zero-order chi connectivity index (χ0) is 25.1. The van der Waals surface area contributed by atoms with E-state index in [1.165, 1.54) is 12.1 Å². The van der Waals surface area contributed by atoms with Crippen molar-refractivity contribution in [2.75, 3.05) is 13.1 Å². The van der Waals surface area contributed by atoms with Gasteiger partial charge in [-0.3, -0.25) is 19.9 Å². The summed E-state index contributed by atoms with van der Waals surface area (Å²) in [5, 5.41) is 16.9. The number of nitrogens with one attached hydrogen (secondary N) is 2. The molecule has 188 valence electrons. The van der Waals surface area contributed by atoms with E-state index in [-0.39, 0.29) is 30.2 Å². The molecule has 0 unspecified atom stereocenters. The first-order valence-electron chi connectivity index (χ1n) is 11.8. The van der Waals surface area contributed by atoms with E-state index in [1.807, 2.05) is 18.2 Å². The van der Waals surface area contributed by atoms with Crippen molar-refractivity contribution < 1.29 is 27.9 Å². The molecule has 2 aromatic rings. The van der Waals surface area contributed by atoms with Gasteiger partial charge >= 0.3 is 6.18 Å². The lowest BCUT2D eigenvalue weighted by Crippen LogP contribution is -2.52. The summed E-state index contributed by atoms with van der Waals surface area (Å²) >= 11 is 0. The Kier molecular flexibility index (Phi) is 7.42. The second-order valence-corrected chi connectivity index (χ2v) is 9.19. The number of halogens is 3. The number of carbonyl (C=O) groups excluding carboxylic acids is 2. The van der Waals surface area contributed by atoms with E-state index in [0.29, 0.717) is 25.1 Å². The monoisotopic (exact) mass is 490 g/mol. The van der Waals surface area contributed by atoms with Crippen LogP contribution in [0.3, 0.4) is 0 Å². The van der Waals surface area contributed by atoms with Crippen LogP contribution in [-0.4, -0.2) is 52.1 Å². The Morgan fingerprint density at radius 1 is 1.11 bits per heavy atom. The molecule has 0 radical (unpaired) electrons. The Balaban J connectivity index is 1.28. The molecule has 1 aromatic heterocycles. The summed E-state index contributed by atoms with van der Waals surface area (Å²) in [6.07, 6.45) is 1.13. The normalized spacial score (nSPS) is 24.9. The average Bonchev–Trinajstić information content (AvgIpc) is 3.32. The quantitative estimate of drug-likeness (QED) is 0.578. The average molecular weight is 491 g/mol. The maximum atomic E-state index is 12.9. The smallest absolute Gasteiger partial charge is 0.384 e. The molecule has 2 aliphatic rings. The Morgan fingerprint density at radius 3 is 2.57 bits per heavy atom. The standard InChI is InChI=1S/C25H29F3N4O3/c26-25(27,28)18-6-3-5-17(15-18)23(34)30-16-22(33)32-14-4-8-21(32)31-19-9-11-24(35,12-10-19)20-7-1-2-13-29-20/h1-3,5-7,13,15,19,21,31,35H,4,8-12,14,16H2,(H,30,34)/t19?,21-,24?/m0/s1. The summed E-state index contributed by atoms with van der Waals surface area (Å²) in [6.45, 7) is 0.248. The van der Waals surface area contributed by atoms with E-state index in [1.54, 1.807) is 11.1 Å². The van der Waals surface area contributed by atoms with E-state index in [4.69, 9.17) is 0 Å². The molecule has 1 aromatic carbocycles. The summed E-state index contributed by atoms with van der Waals surface area (Å²) in [5.74, 6) is -1.02. The molecule has 0 spiro atoms. The van der Waals surface area contributed by atoms with Gasteiger partial charge in [-0.25, -0.2) is 0 Å². The molecule has 1 saturated heterocycles. The lowest BCUT2D eigenvalue weighted by molar-refractivity contribution is -0.137. The number of hydrogen-bond acceptors (Lipinski definition) is 5. The first-order valence-corrected chi connectivity index (χ1v) is 11.8. The maximum Gasteiger partial charge on any atom is 0.416 e. The third-order valence-electron chi connectivity index (χ3n) is 6.81. The Labute approximate surface area is 201 Å². The zero-order valence-electron chi connectivity index (χ0n) is 19.2. The van der Waals surface area contributed by atoms with Gasteiger partial charge in [0.2, 0.25) is 5.91 Å². The molecule has 3 N–H and O–H groups in total. The van der Waals surface area contributed by atoms with Gasteiger partial charge in [-0.15, -0.1) is 0 Å². The van der Waals surface area contributed by atoms with Crippen LogP contribution in [0.15, 0.2) is 48.7 Å². The predicted octanol–water partition coefficient (Wildman–Crippen LogP) is 3.20. The van der Waals surface area contributed by atoms with Crippen LogP contribution < -0.4 is 10.6 Å². The van der Waals surface area contributed by atoms with E-state index in [2.05, 4.69) is 15.6 Å². The molecule has 2 fully saturated rings. The van der Waals surface area contributed by atoms with Crippen LogP contribution in [0, 0.1) is 0 Å². The number of likely N-dealkylation sites (tertiary alicyclic amines) is 1. The molecule has 1 aliphatic carbocycles. The Hall–Kier alpha value is -2.98. The minimum Gasteiger partial charge on any atom is -0.384 e. The molecule has 2 heterocycles. The molecule has 10 heteroatoms. The van der Waals surface area contributed by atoms with Crippen LogP contribution in [0.5, 0.6) is 0 Å². The summed E-state index contributed by atoms with van der Waals surface area (Å²) in [4.78, 5) is 31.1. The van der Waals surface area contributed by atoms with Crippen LogP contribution in [0.1, 0.15) is 60.1 Å². The molecular weight excluding hydrogens is 461 g/mol. The van der Waals surface area contributed by atoms with Crippen LogP contribution in [0.4, 0.5) is 13.2 Å². The van der Waals surface area contributed by atoms with Crippen molar-refractivity contribution in [1.29, 1.82) is 0 Å². The topological polar surface area (TPSA) is 94.6 Å². The number of aromatic nitrogens is 1. The van der Waals surface area contributed by atoms with Gasteiger partial charge < -0.3 is 15.3 Å². The van der Waals surface area contributed by atoms with Gasteiger partial charge in [-0.05, 0) is 68.9 Å². The van der Waals surface area contributed by atoms with Crippen molar-refractivity contribution in [1.82, 2.24) is 20.5 Å². The van der Waals surface area contributed by atoms with Gasteiger partial charge in [0.05, 0.1) is 24.0 Å². The van der Waals surface area contributed by atoms with Gasteiger partial charge in [0.25, 0.3) is 5.91 Å². The number of rotatable bonds is 6. The number of carbonyl (C=O) groups is 2. The van der Waals surface area contributed by atoms with E-state index in [9.17, 15) is 27.9 Å². The second-order valence-electron chi connectivity index (χ2n) is 9.19. The van der Waals surface area contributed by atoms with Crippen LogP contribution in [0.25, 0.3) is 0 Å². The number of hydrogen-bond donors (Lipinski definition) is 3. The molecule has 1 atom stereocenters. The lowest BCUT2D eigenvalue weighted by Gasteiger charge is -2.38. The van der Waals surface area contributed by atoms with Crippen LogP contribution in [0.2, 0.25) is 0 Å². The number of amides is 2. The minimum absolute atomic E-state index is 0.136. The highest BCUT2D eigenvalue weighted by Gasteiger charge is 2.38. The number of benzene rings is 1. The fourth-order valence-electron chi connectivity index (χ4n) is 4.86. The number of pyridine rings is 1. The van der Waals surface area contributed by atoms with Gasteiger partial charge in [0, 0.05) is 24.3 Å². The maximum absolute atomic E-state index is 12.9. The van der Waals surface area contributed by atoms with Gasteiger partial charge in [-0.2, -0.15) is 13.2 Å². The zero-order valence-corrected chi connectivity index (χ0v) is 19.2. The molecule has 35 heavy (non-hydrogen) atoms. The fourth-order valence-corrected chi connectivity index (χ4v) is 4.86. The lowest BCUT2D eigenvalue weighted by atomic mass is 9.80. The number of aliphatic hydroxyl groups is 1. The summed E-state index contributed by atoms with van der Waals surface area (Å²) in [7, 11) is 0.